The molecule has 2 aliphatic rings. The Balaban J connectivity index is 1.29. The molecule has 0 aliphatic carbocycles. The van der Waals surface area contributed by atoms with Gasteiger partial charge in [-0.25, -0.2) is 18.9 Å². The summed E-state index contributed by atoms with van der Waals surface area (Å²) in [5, 5.41) is 16.8. The summed E-state index contributed by atoms with van der Waals surface area (Å²) in [6, 6.07) is 16.8. The number of alkyl carbamates (subject to hydrolysis) is 1. The first-order valence-electron chi connectivity index (χ1n) is 15.0. The number of carbonyl (C=O) groups is 2. The summed E-state index contributed by atoms with van der Waals surface area (Å²) in [6.45, 7) is 7.07. The Bertz CT molecular complexity index is 1830. The molecule has 1 atom stereocenters. The number of nitriles is 1. The number of amides is 2. The van der Waals surface area contributed by atoms with E-state index in [1.807, 2.05) is 36.4 Å². The first-order valence-corrected chi connectivity index (χ1v) is 15.0. The zero-order valence-corrected chi connectivity index (χ0v) is 25.7. The highest BCUT2D eigenvalue weighted by Gasteiger charge is 2.29. The number of nitrogens with one attached hydrogen (secondary N) is 1. The van der Waals surface area contributed by atoms with E-state index in [9.17, 15) is 19.2 Å². The Morgan fingerprint density at radius 2 is 1.80 bits per heavy atom. The van der Waals surface area contributed by atoms with Crippen LogP contribution in [0.5, 0.6) is 11.6 Å². The number of piperidine rings is 1. The third kappa shape index (κ3) is 6.63. The molecular formula is C34H33FN6O5. The van der Waals surface area contributed by atoms with Crippen LogP contribution in [0.15, 0.2) is 60.8 Å². The number of carbonyl (C=O) groups excluding carboxylic acids is 2. The molecule has 12 heteroatoms. The number of ether oxygens (including phenoxy) is 3. The van der Waals surface area contributed by atoms with Gasteiger partial charge in [0.25, 0.3) is 11.8 Å². The number of hydrogen-bond acceptors (Lipinski definition) is 8. The van der Waals surface area contributed by atoms with Gasteiger partial charge in [0.2, 0.25) is 0 Å². The van der Waals surface area contributed by atoms with Crippen molar-refractivity contribution in [3.63, 3.8) is 0 Å². The predicted octanol–water partition coefficient (Wildman–Crippen LogP) is 5.51. The van der Waals surface area contributed by atoms with E-state index in [0.717, 1.165) is 11.1 Å². The van der Waals surface area contributed by atoms with E-state index in [0.29, 0.717) is 67.7 Å². The Labute approximate surface area is 265 Å². The van der Waals surface area contributed by atoms with Crippen LogP contribution in [0.25, 0.3) is 28.1 Å². The number of rotatable bonds is 5. The highest BCUT2D eigenvalue weighted by Crippen LogP contribution is 2.33. The molecule has 4 aromatic rings. The van der Waals surface area contributed by atoms with Crippen LogP contribution in [0.1, 0.15) is 49.7 Å². The van der Waals surface area contributed by atoms with Crippen molar-refractivity contribution in [3.05, 3.63) is 77.9 Å². The second-order valence-corrected chi connectivity index (χ2v) is 12.1. The quantitative estimate of drug-likeness (QED) is 0.308. The number of nitrogens with zero attached hydrogens (tertiary/aromatic N) is 5. The molecule has 46 heavy (non-hydrogen) atoms. The van der Waals surface area contributed by atoms with Gasteiger partial charge in [-0.05, 0) is 75.6 Å². The molecule has 0 unspecified atom stereocenters. The summed E-state index contributed by atoms with van der Waals surface area (Å²) >= 11 is 0. The fourth-order valence-electron chi connectivity index (χ4n) is 5.46. The molecule has 2 aromatic carbocycles. The Kier molecular flexibility index (Phi) is 8.32. The first kappa shape index (κ1) is 30.6. The van der Waals surface area contributed by atoms with E-state index in [-0.39, 0.29) is 23.2 Å². The maximum absolute atomic E-state index is 14.7. The van der Waals surface area contributed by atoms with E-state index in [2.05, 4.69) is 15.4 Å². The number of halogens is 1. The summed E-state index contributed by atoms with van der Waals surface area (Å²) < 4.78 is 32.9. The third-order valence-electron chi connectivity index (χ3n) is 7.59. The van der Waals surface area contributed by atoms with Gasteiger partial charge in [0.05, 0.1) is 16.9 Å². The lowest BCUT2D eigenvalue weighted by Crippen LogP contribution is -2.50. The van der Waals surface area contributed by atoms with Crippen molar-refractivity contribution in [1.82, 2.24) is 25.0 Å². The first-order chi connectivity index (χ1) is 22.1. The Hall–Kier alpha value is -5.44. The van der Waals surface area contributed by atoms with E-state index in [1.54, 1.807) is 48.7 Å². The maximum Gasteiger partial charge on any atom is 0.407 e. The van der Waals surface area contributed by atoms with Gasteiger partial charge in [0.1, 0.15) is 30.7 Å². The minimum absolute atomic E-state index is 0.0830. The molecule has 6 rings (SSSR count). The number of fused-ring (bicyclic) bond motifs is 1. The topological polar surface area (TPSA) is 132 Å². The van der Waals surface area contributed by atoms with Crippen LogP contribution < -0.4 is 14.8 Å². The van der Waals surface area contributed by atoms with Gasteiger partial charge in [-0.3, -0.25) is 4.79 Å². The average molecular weight is 625 g/mol. The Morgan fingerprint density at radius 1 is 1.04 bits per heavy atom. The zero-order chi connectivity index (χ0) is 32.4. The minimum atomic E-state index is -0.672. The summed E-state index contributed by atoms with van der Waals surface area (Å²) in [4.78, 5) is 32.2. The molecule has 1 fully saturated rings. The zero-order valence-electron chi connectivity index (χ0n) is 25.7. The maximum atomic E-state index is 14.7. The lowest BCUT2D eigenvalue weighted by molar-refractivity contribution is 0.0451. The van der Waals surface area contributed by atoms with Gasteiger partial charge in [-0.1, -0.05) is 18.2 Å². The molecular weight excluding hydrogens is 591 g/mol. The molecule has 2 aromatic heterocycles. The number of hydrogen-bond donors (Lipinski definition) is 1. The van der Waals surface area contributed by atoms with Crippen LogP contribution in [0.4, 0.5) is 9.18 Å². The van der Waals surface area contributed by atoms with E-state index >= 15 is 0 Å². The number of likely N-dealkylation sites (tertiary alicyclic amines) is 1. The lowest BCUT2D eigenvalue weighted by Gasteiger charge is -2.33. The van der Waals surface area contributed by atoms with Gasteiger partial charge in [0, 0.05) is 36.5 Å². The van der Waals surface area contributed by atoms with Gasteiger partial charge in [-0.2, -0.15) is 10.4 Å². The summed E-state index contributed by atoms with van der Waals surface area (Å²) in [7, 11) is 0. The van der Waals surface area contributed by atoms with Crippen molar-refractivity contribution < 1.29 is 28.2 Å². The van der Waals surface area contributed by atoms with Gasteiger partial charge >= 0.3 is 6.09 Å². The normalized spacial score (nSPS) is 16.0. The summed E-state index contributed by atoms with van der Waals surface area (Å²) in [5.74, 6) is 0.0488. The van der Waals surface area contributed by atoms with Crippen molar-refractivity contribution in [2.24, 2.45) is 0 Å². The molecule has 0 radical (unpaired) electrons. The van der Waals surface area contributed by atoms with Crippen molar-refractivity contribution in [1.29, 1.82) is 5.26 Å². The van der Waals surface area contributed by atoms with Crippen LogP contribution in [0.3, 0.4) is 0 Å². The molecule has 11 nitrogen and oxygen atoms in total. The Morgan fingerprint density at radius 3 is 2.54 bits per heavy atom. The predicted molar refractivity (Wildman–Crippen MR) is 166 cm³/mol. The van der Waals surface area contributed by atoms with Crippen molar-refractivity contribution in [2.45, 2.75) is 45.3 Å². The highest BCUT2D eigenvalue weighted by molar-refractivity contribution is 5.94. The standard InChI is InChI=1S/C34H33FN6O5/c1-34(2,3)46-33(43)38-25-5-4-12-40(20-25)32(42)28-17-29(22-6-7-23(18-36)27(35)15-22)41(39-28)26-10-8-21(9-11-26)24-16-30-31(37-19-24)45-14-13-44-30/h6-11,15-17,19,25H,4-5,12-14,20H2,1-3H3,(H,38,43)/t25-/m1/s1. The summed E-state index contributed by atoms with van der Waals surface area (Å²) in [5.41, 5.74) is 2.71. The van der Waals surface area contributed by atoms with Crippen LogP contribution >= 0.6 is 0 Å². The molecule has 4 heterocycles. The number of aromatic nitrogens is 3. The lowest BCUT2D eigenvalue weighted by atomic mass is 10.0. The molecule has 2 amide bonds. The molecule has 1 saturated heterocycles. The van der Waals surface area contributed by atoms with Gasteiger partial charge < -0.3 is 24.4 Å². The second kappa shape index (κ2) is 12.5. The van der Waals surface area contributed by atoms with Crippen LogP contribution in [0.2, 0.25) is 0 Å². The molecule has 0 spiro atoms. The fourth-order valence-corrected chi connectivity index (χ4v) is 5.46. The van der Waals surface area contributed by atoms with Crippen LogP contribution in [0, 0.1) is 17.1 Å². The molecule has 0 saturated carbocycles. The van der Waals surface area contributed by atoms with Crippen molar-refractivity contribution >= 4 is 12.0 Å². The molecule has 236 valence electrons. The molecule has 0 bridgehead atoms. The largest absolute Gasteiger partial charge is 0.484 e. The van der Waals surface area contributed by atoms with Crippen LogP contribution in [-0.4, -0.2) is 69.6 Å². The number of benzene rings is 2. The van der Waals surface area contributed by atoms with E-state index in [4.69, 9.17) is 14.2 Å². The third-order valence-corrected chi connectivity index (χ3v) is 7.59. The smallest absolute Gasteiger partial charge is 0.407 e. The fraction of sp³-hybridized carbons (Fsp3) is 0.324. The van der Waals surface area contributed by atoms with Crippen LogP contribution in [-0.2, 0) is 4.74 Å². The van der Waals surface area contributed by atoms with Gasteiger partial charge in [0.15, 0.2) is 11.4 Å². The molecule has 2 aliphatic heterocycles. The number of pyridine rings is 1. The molecule has 1 N–H and O–H groups in total. The van der Waals surface area contributed by atoms with E-state index < -0.39 is 17.5 Å². The van der Waals surface area contributed by atoms with Crippen molar-refractivity contribution in [3.8, 4) is 45.8 Å². The average Bonchev–Trinajstić information content (AvgIpc) is 3.49. The van der Waals surface area contributed by atoms with Gasteiger partial charge in [-0.15, -0.1) is 0 Å². The monoisotopic (exact) mass is 624 g/mol. The minimum Gasteiger partial charge on any atom is -0.484 e. The highest BCUT2D eigenvalue weighted by atomic mass is 19.1. The SMILES string of the molecule is CC(C)(C)OC(=O)N[C@@H]1CCCN(C(=O)c2cc(-c3ccc(C#N)c(F)c3)n(-c3ccc(-c4cnc5c(c4)OCCO5)cc3)n2)C1. The summed E-state index contributed by atoms with van der Waals surface area (Å²) in [6.07, 6.45) is 2.58. The second-order valence-electron chi connectivity index (χ2n) is 12.1. The van der Waals surface area contributed by atoms with Crippen molar-refractivity contribution in [2.75, 3.05) is 26.3 Å². The van der Waals surface area contributed by atoms with E-state index in [1.165, 1.54) is 12.1 Å².